The number of hydrogen-bond donors (Lipinski definition) is 0. The number of hydrogen-bond acceptors (Lipinski definition) is 2. The fraction of sp³-hybridized carbons (Fsp3) is 0.316. The van der Waals surface area contributed by atoms with Crippen LogP contribution in [0.5, 0.6) is 0 Å². The van der Waals surface area contributed by atoms with Crippen molar-refractivity contribution in [1.82, 2.24) is 9.80 Å². The van der Waals surface area contributed by atoms with Crippen LogP contribution in [0.3, 0.4) is 0 Å². The van der Waals surface area contributed by atoms with Gasteiger partial charge in [-0.3, -0.25) is 9.69 Å². The fourth-order valence-corrected chi connectivity index (χ4v) is 3.22. The van der Waals surface area contributed by atoms with Gasteiger partial charge >= 0.3 is 0 Å². The van der Waals surface area contributed by atoms with Gasteiger partial charge < -0.3 is 4.90 Å². The maximum atomic E-state index is 12.5. The molecule has 23 heavy (non-hydrogen) atoms. The lowest BCUT2D eigenvalue weighted by atomic mass is 10.1. The van der Waals surface area contributed by atoms with Crippen molar-refractivity contribution in [2.75, 3.05) is 26.2 Å². The van der Waals surface area contributed by atoms with Gasteiger partial charge in [-0.2, -0.15) is 0 Å². The number of amides is 1. The molecule has 0 saturated carbocycles. The highest BCUT2D eigenvalue weighted by Crippen LogP contribution is 2.15. The summed E-state index contributed by atoms with van der Waals surface area (Å²) in [5, 5.41) is 0. The number of carbonyl (C=O) groups is 1. The van der Waals surface area contributed by atoms with Gasteiger partial charge in [0.25, 0.3) is 5.91 Å². The highest BCUT2D eigenvalue weighted by molar-refractivity contribution is 9.10. The summed E-state index contributed by atoms with van der Waals surface area (Å²) < 4.78 is 0.997. The minimum absolute atomic E-state index is 0.132. The minimum atomic E-state index is 0.132. The summed E-state index contributed by atoms with van der Waals surface area (Å²) in [4.78, 5) is 16.9. The molecule has 2 aromatic carbocycles. The summed E-state index contributed by atoms with van der Waals surface area (Å²) >= 11 is 3.40. The Labute approximate surface area is 146 Å². The standard InChI is InChI=1S/C19H21BrN2O/c1-15-3-2-4-16(13-15)14-21-9-11-22(12-10-21)19(23)17-5-7-18(20)8-6-17/h2-8,13H,9-12,14H2,1H3. The number of halogens is 1. The molecule has 120 valence electrons. The number of piperazine rings is 1. The second-order valence-electron chi connectivity index (χ2n) is 6.06. The van der Waals surface area contributed by atoms with Crippen LogP contribution in [-0.4, -0.2) is 41.9 Å². The van der Waals surface area contributed by atoms with Gasteiger partial charge in [0.1, 0.15) is 0 Å². The van der Waals surface area contributed by atoms with Crippen molar-refractivity contribution >= 4 is 21.8 Å². The van der Waals surface area contributed by atoms with E-state index in [4.69, 9.17) is 0 Å². The lowest BCUT2D eigenvalue weighted by Crippen LogP contribution is -2.48. The molecule has 3 nitrogen and oxygen atoms in total. The lowest BCUT2D eigenvalue weighted by Gasteiger charge is -2.34. The molecule has 1 heterocycles. The summed E-state index contributed by atoms with van der Waals surface area (Å²) in [5.74, 6) is 0.132. The van der Waals surface area contributed by atoms with E-state index in [1.54, 1.807) is 0 Å². The summed E-state index contributed by atoms with van der Waals surface area (Å²) in [5.41, 5.74) is 3.41. The molecule has 3 rings (SSSR count). The Bertz CT molecular complexity index is 676. The maximum absolute atomic E-state index is 12.5. The zero-order valence-electron chi connectivity index (χ0n) is 13.3. The van der Waals surface area contributed by atoms with Crippen molar-refractivity contribution in [3.8, 4) is 0 Å². The van der Waals surface area contributed by atoms with Gasteiger partial charge in [-0.15, -0.1) is 0 Å². The minimum Gasteiger partial charge on any atom is -0.336 e. The van der Waals surface area contributed by atoms with E-state index in [2.05, 4.69) is 52.0 Å². The molecule has 0 unspecified atom stereocenters. The maximum Gasteiger partial charge on any atom is 0.253 e. The summed E-state index contributed by atoms with van der Waals surface area (Å²) in [6.45, 7) is 6.52. The van der Waals surface area contributed by atoms with Crippen LogP contribution >= 0.6 is 15.9 Å². The zero-order chi connectivity index (χ0) is 16.2. The monoisotopic (exact) mass is 372 g/mol. The molecular weight excluding hydrogens is 352 g/mol. The van der Waals surface area contributed by atoms with E-state index in [0.29, 0.717) is 0 Å². The van der Waals surface area contributed by atoms with Crippen molar-refractivity contribution in [1.29, 1.82) is 0 Å². The largest absolute Gasteiger partial charge is 0.336 e. The van der Waals surface area contributed by atoms with Crippen LogP contribution in [0.25, 0.3) is 0 Å². The van der Waals surface area contributed by atoms with Crippen molar-refractivity contribution in [2.24, 2.45) is 0 Å². The Balaban J connectivity index is 1.55. The SMILES string of the molecule is Cc1cccc(CN2CCN(C(=O)c3ccc(Br)cc3)CC2)c1. The van der Waals surface area contributed by atoms with E-state index in [1.807, 2.05) is 29.2 Å². The predicted octanol–water partition coefficient (Wildman–Crippen LogP) is 3.72. The third-order valence-electron chi connectivity index (χ3n) is 4.24. The molecule has 0 N–H and O–H groups in total. The van der Waals surface area contributed by atoms with Crippen LogP contribution in [-0.2, 0) is 6.54 Å². The van der Waals surface area contributed by atoms with E-state index in [0.717, 1.165) is 42.8 Å². The summed E-state index contributed by atoms with van der Waals surface area (Å²) in [6, 6.07) is 16.2. The smallest absolute Gasteiger partial charge is 0.253 e. The Morgan fingerprint density at radius 1 is 1.04 bits per heavy atom. The number of nitrogens with zero attached hydrogens (tertiary/aromatic N) is 2. The van der Waals surface area contributed by atoms with Crippen molar-refractivity contribution in [3.05, 3.63) is 69.7 Å². The molecule has 2 aromatic rings. The second-order valence-corrected chi connectivity index (χ2v) is 6.98. The van der Waals surface area contributed by atoms with Gasteiger partial charge in [0, 0.05) is 42.8 Å². The highest BCUT2D eigenvalue weighted by atomic mass is 79.9. The Hall–Kier alpha value is -1.65. The third kappa shape index (κ3) is 4.21. The van der Waals surface area contributed by atoms with Gasteiger partial charge in [-0.25, -0.2) is 0 Å². The van der Waals surface area contributed by atoms with Crippen molar-refractivity contribution in [2.45, 2.75) is 13.5 Å². The molecular formula is C19H21BrN2O. The average molecular weight is 373 g/mol. The molecule has 0 aromatic heterocycles. The molecule has 1 saturated heterocycles. The average Bonchev–Trinajstić information content (AvgIpc) is 2.56. The highest BCUT2D eigenvalue weighted by Gasteiger charge is 2.22. The predicted molar refractivity (Wildman–Crippen MR) is 96.5 cm³/mol. The van der Waals surface area contributed by atoms with E-state index in [-0.39, 0.29) is 5.91 Å². The third-order valence-corrected chi connectivity index (χ3v) is 4.77. The molecule has 0 atom stereocenters. The van der Waals surface area contributed by atoms with Crippen molar-refractivity contribution < 1.29 is 4.79 Å². The molecule has 0 radical (unpaired) electrons. The summed E-state index contributed by atoms with van der Waals surface area (Å²) in [6.07, 6.45) is 0. The van der Waals surface area contributed by atoms with Crippen LogP contribution in [0.15, 0.2) is 53.0 Å². The molecule has 1 aliphatic heterocycles. The van der Waals surface area contributed by atoms with Crippen LogP contribution in [0.4, 0.5) is 0 Å². The van der Waals surface area contributed by atoms with Crippen molar-refractivity contribution in [3.63, 3.8) is 0 Å². The first-order valence-electron chi connectivity index (χ1n) is 7.94. The molecule has 0 bridgehead atoms. The van der Waals surface area contributed by atoms with Crippen LogP contribution in [0.2, 0.25) is 0 Å². The van der Waals surface area contributed by atoms with Gasteiger partial charge in [0.15, 0.2) is 0 Å². The van der Waals surface area contributed by atoms with Crippen LogP contribution in [0, 0.1) is 6.92 Å². The fourth-order valence-electron chi connectivity index (χ4n) is 2.95. The first-order chi connectivity index (χ1) is 11.1. The van der Waals surface area contributed by atoms with E-state index < -0.39 is 0 Å². The first-order valence-corrected chi connectivity index (χ1v) is 8.74. The van der Waals surface area contributed by atoms with Gasteiger partial charge in [-0.1, -0.05) is 45.8 Å². The van der Waals surface area contributed by atoms with Gasteiger partial charge in [0.2, 0.25) is 0 Å². The van der Waals surface area contributed by atoms with Gasteiger partial charge in [-0.05, 0) is 36.8 Å². The van der Waals surface area contributed by atoms with Crippen LogP contribution < -0.4 is 0 Å². The Kier molecular flexibility index (Phi) is 5.13. The van der Waals surface area contributed by atoms with Gasteiger partial charge in [0.05, 0.1) is 0 Å². The number of rotatable bonds is 3. The molecule has 0 aliphatic carbocycles. The Morgan fingerprint density at radius 3 is 2.39 bits per heavy atom. The van der Waals surface area contributed by atoms with E-state index in [1.165, 1.54) is 11.1 Å². The number of aryl methyl sites for hydroxylation is 1. The quantitative estimate of drug-likeness (QED) is 0.819. The molecule has 1 amide bonds. The van der Waals surface area contributed by atoms with E-state index >= 15 is 0 Å². The molecule has 1 aliphatic rings. The zero-order valence-corrected chi connectivity index (χ0v) is 14.9. The number of carbonyl (C=O) groups excluding carboxylic acids is 1. The Morgan fingerprint density at radius 2 is 1.74 bits per heavy atom. The van der Waals surface area contributed by atoms with E-state index in [9.17, 15) is 4.79 Å². The topological polar surface area (TPSA) is 23.6 Å². The normalized spacial score (nSPS) is 15.7. The second kappa shape index (κ2) is 7.28. The molecule has 4 heteroatoms. The summed E-state index contributed by atoms with van der Waals surface area (Å²) in [7, 11) is 0. The lowest BCUT2D eigenvalue weighted by molar-refractivity contribution is 0.0628. The molecule has 1 fully saturated rings. The number of benzene rings is 2. The first kappa shape index (κ1) is 16.2. The molecule has 0 spiro atoms. The van der Waals surface area contributed by atoms with Crippen LogP contribution in [0.1, 0.15) is 21.5 Å².